The molecule has 31 heavy (non-hydrogen) atoms. The molecule has 0 spiro atoms. The van der Waals surface area contributed by atoms with Crippen LogP contribution in [0.5, 0.6) is 11.6 Å². The fraction of sp³-hybridized carbons (Fsp3) is 0.227. The van der Waals surface area contributed by atoms with Crippen molar-refractivity contribution in [2.45, 2.75) is 34.6 Å². The summed E-state index contributed by atoms with van der Waals surface area (Å²) in [6.07, 6.45) is 1.44. The van der Waals surface area contributed by atoms with Gasteiger partial charge in [-0.25, -0.2) is 14.6 Å². The van der Waals surface area contributed by atoms with E-state index in [0.29, 0.717) is 40.2 Å². The Hall–Kier alpha value is -4.01. The monoisotopic (exact) mass is 418 g/mol. The molecule has 1 N–H and O–H groups in total. The van der Waals surface area contributed by atoms with Crippen molar-refractivity contribution in [1.82, 2.24) is 24.9 Å². The quantitative estimate of drug-likeness (QED) is 0.516. The van der Waals surface area contributed by atoms with Crippen LogP contribution in [0.4, 0.5) is 5.69 Å². The van der Waals surface area contributed by atoms with E-state index in [9.17, 15) is 4.79 Å². The summed E-state index contributed by atoms with van der Waals surface area (Å²) in [4.78, 5) is 20.9. The highest BCUT2D eigenvalue weighted by Crippen LogP contribution is 2.24. The van der Waals surface area contributed by atoms with Crippen LogP contribution in [0.25, 0.3) is 5.82 Å². The maximum atomic E-state index is 12.5. The van der Waals surface area contributed by atoms with Crippen LogP contribution >= 0.6 is 0 Å². The Balaban J connectivity index is 1.48. The summed E-state index contributed by atoms with van der Waals surface area (Å²) in [6, 6.07) is 8.72. The maximum absolute atomic E-state index is 12.5. The number of hydrogen-bond acceptors (Lipinski definition) is 7. The van der Waals surface area contributed by atoms with Crippen LogP contribution in [-0.2, 0) is 0 Å². The highest BCUT2D eigenvalue weighted by Gasteiger charge is 2.17. The molecule has 4 aromatic rings. The summed E-state index contributed by atoms with van der Waals surface area (Å²) in [6.45, 7) is 9.41. The van der Waals surface area contributed by atoms with Crippen molar-refractivity contribution in [3.8, 4) is 17.4 Å². The molecule has 0 atom stereocenters. The number of ether oxygens (including phenoxy) is 1. The number of amides is 1. The number of hydrogen-bond donors (Lipinski definition) is 1. The molecule has 0 aliphatic heterocycles. The normalized spacial score (nSPS) is 10.9. The van der Waals surface area contributed by atoms with Gasteiger partial charge in [0, 0.05) is 17.4 Å². The van der Waals surface area contributed by atoms with E-state index < -0.39 is 0 Å². The molecule has 1 aromatic carbocycles. The van der Waals surface area contributed by atoms with Crippen molar-refractivity contribution < 1.29 is 14.1 Å². The van der Waals surface area contributed by atoms with E-state index in [1.54, 1.807) is 48.9 Å². The number of benzene rings is 1. The van der Waals surface area contributed by atoms with Crippen molar-refractivity contribution in [1.29, 1.82) is 0 Å². The Morgan fingerprint density at radius 3 is 2.39 bits per heavy atom. The molecule has 1 amide bonds. The molecule has 158 valence electrons. The number of rotatable bonds is 5. The fourth-order valence-electron chi connectivity index (χ4n) is 3.17. The number of carbonyl (C=O) groups is 1. The molecule has 9 heteroatoms. The first-order chi connectivity index (χ1) is 14.8. The summed E-state index contributed by atoms with van der Waals surface area (Å²) in [5.74, 6) is 1.80. The molecule has 0 unspecified atom stereocenters. The second-order valence-corrected chi connectivity index (χ2v) is 7.20. The lowest BCUT2D eigenvalue weighted by atomic mass is 10.2. The molecule has 0 saturated carbocycles. The van der Waals surface area contributed by atoms with Gasteiger partial charge in [0.05, 0.1) is 11.4 Å². The zero-order chi connectivity index (χ0) is 22.1. The minimum absolute atomic E-state index is 0.273. The first-order valence-corrected chi connectivity index (χ1v) is 9.71. The molecule has 4 rings (SSSR count). The Kier molecular flexibility index (Phi) is 5.24. The largest absolute Gasteiger partial charge is 0.439 e. The van der Waals surface area contributed by atoms with Crippen LogP contribution in [0.15, 0.2) is 41.2 Å². The summed E-state index contributed by atoms with van der Waals surface area (Å²) in [5.41, 5.74) is 4.70. The molecule has 0 aliphatic carbocycles. The number of carbonyl (C=O) groups excluding carboxylic acids is 1. The summed E-state index contributed by atoms with van der Waals surface area (Å²) >= 11 is 0. The average Bonchev–Trinajstić information content (AvgIpc) is 3.22. The lowest BCUT2D eigenvalue weighted by Gasteiger charge is -2.09. The van der Waals surface area contributed by atoms with Crippen molar-refractivity contribution in [2.24, 2.45) is 0 Å². The fourth-order valence-corrected chi connectivity index (χ4v) is 3.17. The van der Waals surface area contributed by atoms with E-state index >= 15 is 0 Å². The highest BCUT2D eigenvalue weighted by atomic mass is 16.5. The lowest BCUT2D eigenvalue weighted by molar-refractivity contribution is 0.102. The molecule has 0 aliphatic rings. The zero-order valence-electron chi connectivity index (χ0n) is 17.9. The lowest BCUT2D eigenvalue weighted by Crippen LogP contribution is -2.13. The van der Waals surface area contributed by atoms with Crippen LogP contribution in [-0.4, -0.2) is 30.8 Å². The topological polar surface area (TPSA) is 108 Å². The van der Waals surface area contributed by atoms with Gasteiger partial charge < -0.3 is 14.6 Å². The van der Waals surface area contributed by atoms with Crippen LogP contribution in [0.2, 0.25) is 0 Å². The number of nitrogens with zero attached hydrogens (tertiary/aromatic N) is 5. The Morgan fingerprint density at radius 2 is 1.77 bits per heavy atom. The van der Waals surface area contributed by atoms with Gasteiger partial charge in [0.25, 0.3) is 5.91 Å². The summed E-state index contributed by atoms with van der Waals surface area (Å²) < 4.78 is 12.7. The highest BCUT2D eigenvalue weighted by molar-refractivity contribution is 6.05. The Morgan fingerprint density at radius 1 is 1.03 bits per heavy atom. The molecule has 0 saturated heterocycles. The van der Waals surface area contributed by atoms with E-state index in [0.717, 1.165) is 17.0 Å². The molecule has 9 nitrogen and oxygen atoms in total. The minimum atomic E-state index is -0.273. The van der Waals surface area contributed by atoms with E-state index in [1.165, 1.54) is 6.33 Å². The molecule has 3 aromatic heterocycles. The van der Waals surface area contributed by atoms with E-state index in [2.05, 4.69) is 25.5 Å². The van der Waals surface area contributed by atoms with Crippen molar-refractivity contribution in [2.75, 3.05) is 5.32 Å². The van der Waals surface area contributed by atoms with Gasteiger partial charge >= 0.3 is 0 Å². The second-order valence-electron chi connectivity index (χ2n) is 7.20. The first-order valence-electron chi connectivity index (χ1n) is 9.71. The SMILES string of the molecule is Cc1nn(-c2cc(Oc3ccc(NC(=O)c4c(C)noc4C)cc3)ncn2)c(C)c1C. The van der Waals surface area contributed by atoms with Gasteiger partial charge in [-0.15, -0.1) is 0 Å². The van der Waals surface area contributed by atoms with Crippen molar-refractivity contribution in [3.63, 3.8) is 0 Å². The molecular weight excluding hydrogens is 396 g/mol. The van der Waals surface area contributed by atoms with Gasteiger partial charge in [-0.2, -0.15) is 5.10 Å². The minimum Gasteiger partial charge on any atom is -0.439 e. The maximum Gasteiger partial charge on any atom is 0.261 e. The Bertz CT molecular complexity index is 1240. The third-order valence-electron chi connectivity index (χ3n) is 5.09. The number of nitrogens with one attached hydrogen (secondary N) is 1. The first kappa shape index (κ1) is 20.3. The second kappa shape index (κ2) is 8.02. The van der Waals surface area contributed by atoms with E-state index in [4.69, 9.17) is 9.26 Å². The predicted molar refractivity (Wildman–Crippen MR) is 114 cm³/mol. The average molecular weight is 418 g/mol. The predicted octanol–water partition coefficient (Wildman–Crippen LogP) is 4.24. The molecule has 0 bridgehead atoms. The summed E-state index contributed by atoms with van der Waals surface area (Å²) in [7, 11) is 0. The molecule has 0 fully saturated rings. The van der Waals surface area contributed by atoms with Gasteiger partial charge in [0.1, 0.15) is 23.4 Å². The Labute approximate surface area is 179 Å². The van der Waals surface area contributed by atoms with Gasteiger partial charge in [-0.3, -0.25) is 4.79 Å². The van der Waals surface area contributed by atoms with Crippen molar-refractivity contribution >= 4 is 11.6 Å². The smallest absolute Gasteiger partial charge is 0.261 e. The van der Waals surface area contributed by atoms with Gasteiger partial charge in [0.2, 0.25) is 5.88 Å². The van der Waals surface area contributed by atoms with E-state index in [1.807, 2.05) is 20.8 Å². The van der Waals surface area contributed by atoms with Gasteiger partial charge in [-0.1, -0.05) is 5.16 Å². The number of aryl methyl sites for hydroxylation is 3. The van der Waals surface area contributed by atoms with Crippen molar-refractivity contribution in [3.05, 3.63) is 70.6 Å². The molecule has 0 radical (unpaired) electrons. The number of aromatic nitrogens is 5. The summed E-state index contributed by atoms with van der Waals surface area (Å²) in [5, 5.41) is 11.2. The van der Waals surface area contributed by atoms with Crippen LogP contribution in [0.1, 0.15) is 38.8 Å². The standard InChI is InChI=1S/C22H22N6O3/c1-12-13(2)26-28(15(12)4)19-10-20(24-11-23-19)30-18-8-6-17(7-9-18)25-22(29)21-14(3)27-31-16(21)5/h6-11H,1-5H3,(H,25,29). The van der Waals surface area contributed by atoms with Crippen LogP contribution in [0.3, 0.4) is 0 Å². The van der Waals surface area contributed by atoms with Gasteiger partial charge in [-0.05, 0) is 64.4 Å². The van der Waals surface area contributed by atoms with Crippen LogP contribution < -0.4 is 10.1 Å². The zero-order valence-corrected chi connectivity index (χ0v) is 17.9. The third-order valence-corrected chi connectivity index (χ3v) is 5.09. The van der Waals surface area contributed by atoms with Gasteiger partial charge in [0.15, 0.2) is 5.82 Å². The number of anilines is 1. The molecule has 3 heterocycles. The molecular formula is C22H22N6O3. The van der Waals surface area contributed by atoms with E-state index in [-0.39, 0.29) is 5.91 Å². The van der Waals surface area contributed by atoms with Crippen LogP contribution in [0, 0.1) is 34.6 Å². The third kappa shape index (κ3) is 4.02.